The van der Waals surface area contributed by atoms with Crippen molar-refractivity contribution in [3.63, 3.8) is 0 Å². The van der Waals surface area contributed by atoms with Crippen LogP contribution in [0, 0.1) is 6.92 Å². The van der Waals surface area contributed by atoms with Crippen molar-refractivity contribution in [2.75, 3.05) is 6.61 Å². The van der Waals surface area contributed by atoms with Gasteiger partial charge in [-0.3, -0.25) is 19.2 Å². The Hall–Kier alpha value is -3.93. The van der Waals surface area contributed by atoms with Gasteiger partial charge >= 0.3 is 23.5 Å². The normalized spacial score (nSPS) is 23.4. The summed E-state index contributed by atoms with van der Waals surface area (Å²) in [5.41, 5.74) is 0.427. The van der Waals surface area contributed by atoms with Gasteiger partial charge in [-0.1, -0.05) is 0 Å². The van der Waals surface area contributed by atoms with Crippen molar-refractivity contribution >= 4 is 34.8 Å². The van der Waals surface area contributed by atoms with Crippen LogP contribution in [0.3, 0.4) is 0 Å². The topological polar surface area (TPSA) is 157 Å². The third kappa shape index (κ3) is 6.60. The molecule has 12 heteroatoms. The maximum atomic E-state index is 12.0. The van der Waals surface area contributed by atoms with Gasteiger partial charge in [0.2, 0.25) is 12.2 Å². The largest absolute Gasteiger partial charge is 0.463 e. The van der Waals surface area contributed by atoms with Gasteiger partial charge in [0, 0.05) is 45.2 Å². The molecule has 1 aliphatic heterocycles. The van der Waals surface area contributed by atoms with E-state index in [4.69, 9.17) is 28.1 Å². The molecule has 0 unspecified atom stereocenters. The monoisotopic (exact) mass is 505 g/mol. The van der Waals surface area contributed by atoms with Crippen LogP contribution in [0.5, 0.6) is 5.75 Å². The molecule has 0 spiro atoms. The number of aryl methyl sites for hydroxylation is 1. The average molecular weight is 505 g/mol. The molecule has 3 rings (SSSR count). The first kappa shape index (κ1) is 26.7. The van der Waals surface area contributed by atoms with E-state index in [9.17, 15) is 24.0 Å². The second kappa shape index (κ2) is 11.2. The Morgan fingerprint density at radius 3 is 2.22 bits per heavy atom. The number of benzene rings is 1. The maximum Gasteiger partial charge on any atom is 0.336 e. The van der Waals surface area contributed by atoms with Gasteiger partial charge in [0.25, 0.3) is 0 Å². The quantitative estimate of drug-likeness (QED) is 0.327. The van der Waals surface area contributed by atoms with Crippen LogP contribution in [0.1, 0.15) is 33.3 Å². The van der Waals surface area contributed by atoms with Crippen LogP contribution in [0.15, 0.2) is 33.5 Å². The number of esters is 3. The van der Waals surface area contributed by atoms with Gasteiger partial charge in [-0.15, -0.1) is 0 Å². The van der Waals surface area contributed by atoms with Gasteiger partial charge in [0.15, 0.2) is 12.2 Å². The predicted octanol–water partition coefficient (Wildman–Crippen LogP) is 1.14. The van der Waals surface area contributed by atoms with Crippen molar-refractivity contribution in [1.82, 2.24) is 5.32 Å². The molecule has 194 valence electrons. The molecule has 1 amide bonds. The van der Waals surface area contributed by atoms with Crippen molar-refractivity contribution in [3.8, 4) is 5.75 Å². The van der Waals surface area contributed by atoms with E-state index in [1.165, 1.54) is 26.0 Å². The second-order valence-electron chi connectivity index (χ2n) is 8.24. The van der Waals surface area contributed by atoms with Crippen LogP contribution in [0.4, 0.5) is 0 Å². The van der Waals surface area contributed by atoms with Crippen LogP contribution in [-0.4, -0.2) is 61.1 Å². The van der Waals surface area contributed by atoms with E-state index in [0.29, 0.717) is 10.9 Å². The Labute approximate surface area is 205 Å². The number of ether oxygens (including phenoxy) is 5. The molecule has 0 bridgehead atoms. The Bertz CT molecular complexity index is 1220. The van der Waals surface area contributed by atoms with Crippen LogP contribution >= 0.6 is 0 Å². The highest BCUT2D eigenvalue weighted by atomic mass is 16.7. The van der Waals surface area contributed by atoms with Crippen molar-refractivity contribution in [1.29, 1.82) is 0 Å². The number of carbonyl (C=O) groups is 4. The molecule has 1 aromatic carbocycles. The smallest absolute Gasteiger partial charge is 0.336 e. The molecule has 36 heavy (non-hydrogen) atoms. The molecule has 1 saturated heterocycles. The number of nitrogens with one attached hydrogen (secondary N) is 1. The van der Waals surface area contributed by atoms with Crippen LogP contribution in [-0.2, 0) is 38.1 Å². The first-order valence-electron chi connectivity index (χ1n) is 11.1. The molecular weight excluding hydrogens is 478 g/mol. The number of amides is 1. The molecular formula is C24H27NO11. The summed E-state index contributed by atoms with van der Waals surface area (Å²) in [5, 5.41) is 3.30. The van der Waals surface area contributed by atoms with E-state index in [-0.39, 0.29) is 17.9 Å². The standard InChI is InChI=1S/C24H27NO11/c1-11-8-20(30)35-18-9-16(6-7-17(11)18)34-24-21(25-12(2)26)23(33-15(5)29)22(32-14(4)28)19(36-24)10-31-13(3)27/h6-9,19,21-24H,10H2,1-5H3,(H,25,26)/t19-,21+,22+,23-,24+/m0/s1. The molecule has 0 radical (unpaired) electrons. The molecule has 2 aromatic rings. The Kier molecular flexibility index (Phi) is 8.30. The summed E-state index contributed by atoms with van der Waals surface area (Å²) in [6, 6.07) is 4.98. The van der Waals surface area contributed by atoms with Crippen molar-refractivity contribution in [2.45, 2.75) is 65.3 Å². The van der Waals surface area contributed by atoms with Crippen molar-refractivity contribution in [3.05, 3.63) is 40.2 Å². The van der Waals surface area contributed by atoms with Crippen LogP contribution in [0.2, 0.25) is 0 Å². The fraction of sp³-hybridized carbons (Fsp3) is 0.458. The van der Waals surface area contributed by atoms with Crippen LogP contribution < -0.4 is 15.7 Å². The van der Waals surface area contributed by atoms with Gasteiger partial charge in [0.05, 0.1) is 0 Å². The fourth-order valence-electron chi connectivity index (χ4n) is 3.90. The van der Waals surface area contributed by atoms with Gasteiger partial charge in [0.1, 0.15) is 30.1 Å². The maximum absolute atomic E-state index is 12.0. The SMILES string of the molecule is CC(=O)N[C@H]1[C@H](Oc2ccc3c(C)cc(=O)oc3c2)O[C@@H](COC(C)=O)[C@@H](OC(C)=O)[C@H]1OC(C)=O. The highest BCUT2D eigenvalue weighted by molar-refractivity contribution is 5.81. The number of hydrogen-bond acceptors (Lipinski definition) is 11. The van der Waals surface area contributed by atoms with E-state index in [1.54, 1.807) is 19.1 Å². The summed E-state index contributed by atoms with van der Waals surface area (Å²) in [6.45, 7) is 6.12. The third-order valence-corrected chi connectivity index (χ3v) is 5.25. The predicted molar refractivity (Wildman–Crippen MR) is 122 cm³/mol. The Morgan fingerprint density at radius 2 is 1.61 bits per heavy atom. The molecule has 5 atom stereocenters. The van der Waals surface area contributed by atoms with E-state index >= 15 is 0 Å². The van der Waals surface area contributed by atoms with E-state index < -0.39 is 60.1 Å². The molecule has 1 aliphatic rings. The van der Waals surface area contributed by atoms with E-state index in [1.807, 2.05) is 0 Å². The Morgan fingerprint density at radius 1 is 0.944 bits per heavy atom. The first-order valence-corrected chi connectivity index (χ1v) is 11.1. The number of carbonyl (C=O) groups excluding carboxylic acids is 4. The molecule has 1 fully saturated rings. The number of rotatable bonds is 7. The van der Waals surface area contributed by atoms with Gasteiger partial charge in [-0.2, -0.15) is 0 Å². The van der Waals surface area contributed by atoms with Gasteiger partial charge < -0.3 is 33.4 Å². The number of fused-ring (bicyclic) bond motifs is 1. The molecule has 12 nitrogen and oxygen atoms in total. The highest BCUT2D eigenvalue weighted by Crippen LogP contribution is 2.30. The summed E-state index contributed by atoms with van der Waals surface area (Å²) in [4.78, 5) is 59.0. The van der Waals surface area contributed by atoms with E-state index in [0.717, 1.165) is 13.8 Å². The highest BCUT2D eigenvalue weighted by Gasteiger charge is 2.52. The number of hydrogen-bond donors (Lipinski definition) is 1. The minimum absolute atomic E-state index is 0.204. The second-order valence-corrected chi connectivity index (χ2v) is 8.24. The third-order valence-electron chi connectivity index (χ3n) is 5.25. The lowest BCUT2D eigenvalue weighted by molar-refractivity contribution is -0.257. The summed E-state index contributed by atoms with van der Waals surface area (Å²) in [6.07, 6.45) is -4.90. The Balaban J connectivity index is 2.02. The summed E-state index contributed by atoms with van der Waals surface area (Å²) in [5.74, 6) is -2.35. The zero-order chi connectivity index (χ0) is 26.6. The molecule has 1 N–H and O–H groups in total. The van der Waals surface area contributed by atoms with E-state index in [2.05, 4.69) is 5.32 Å². The molecule has 2 heterocycles. The lowest BCUT2D eigenvalue weighted by atomic mass is 9.96. The lowest BCUT2D eigenvalue weighted by Crippen LogP contribution is -2.67. The zero-order valence-electron chi connectivity index (χ0n) is 20.4. The lowest BCUT2D eigenvalue weighted by Gasteiger charge is -2.44. The first-order chi connectivity index (χ1) is 16.9. The fourth-order valence-corrected chi connectivity index (χ4v) is 3.90. The van der Waals surface area contributed by atoms with Crippen LogP contribution in [0.25, 0.3) is 11.0 Å². The molecule has 0 aliphatic carbocycles. The van der Waals surface area contributed by atoms with Crippen molar-refractivity contribution < 1.29 is 47.3 Å². The van der Waals surface area contributed by atoms with Gasteiger partial charge in [-0.05, 0) is 24.6 Å². The minimum Gasteiger partial charge on any atom is -0.463 e. The minimum atomic E-state index is -1.29. The molecule has 1 aromatic heterocycles. The van der Waals surface area contributed by atoms with Gasteiger partial charge in [-0.25, -0.2) is 4.79 Å². The average Bonchev–Trinajstić information content (AvgIpc) is 2.75. The zero-order valence-corrected chi connectivity index (χ0v) is 20.4. The summed E-state index contributed by atoms with van der Waals surface area (Å²) < 4.78 is 33.1. The summed E-state index contributed by atoms with van der Waals surface area (Å²) >= 11 is 0. The van der Waals surface area contributed by atoms with Crippen molar-refractivity contribution in [2.24, 2.45) is 0 Å². The summed E-state index contributed by atoms with van der Waals surface area (Å²) in [7, 11) is 0. The molecule has 0 saturated carbocycles.